The predicted octanol–water partition coefficient (Wildman–Crippen LogP) is 2.03. The minimum Gasteiger partial charge on any atom is -0.385 e. The second kappa shape index (κ2) is 5.77. The largest absolute Gasteiger partial charge is 0.385 e. The molecule has 0 bridgehead atoms. The van der Waals surface area contributed by atoms with Crippen LogP contribution in [0.25, 0.3) is 0 Å². The van der Waals surface area contributed by atoms with Crippen LogP contribution in [0.3, 0.4) is 0 Å². The number of rotatable bonds is 6. The van der Waals surface area contributed by atoms with E-state index in [1.54, 1.807) is 13.3 Å². The van der Waals surface area contributed by atoms with Crippen LogP contribution in [0.5, 0.6) is 0 Å². The highest BCUT2D eigenvalue weighted by atomic mass is 16.5. The van der Waals surface area contributed by atoms with Crippen molar-refractivity contribution in [1.29, 1.82) is 0 Å². The minimum atomic E-state index is 0.858. The standard InChI is InChI=1S/C9H15NO2/c1-11-8-4-2-3-5-9-6-7-10-12-9/h6-7H,2-5,8H2,1H3. The van der Waals surface area contributed by atoms with Crippen molar-refractivity contribution in [3.05, 3.63) is 18.0 Å². The number of methoxy groups -OCH3 is 1. The zero-order valence-corrected chi connectivity index (χ0v) is 7.45. The number of aryl methyl sites for hydroxylation is 1. The first-order chi connectivity index (χ1) is 5.93. The molecule has 68 valence electrons. The van der Waals surface area contributed by atoms with Crippen molar-refractivity contribution in [2.45, 2.75) is 25.7 Å². The van der Waals surface area contributed by atoms with Crippen LogP contribution in [0.1, 0.15) is 25.0 Å². The summed E-state index contributed by atoms with van der Waals surface area (Å²) in [5.41, 5.74) is 0. The molecule has 12 heavy (non-hydrogen) atoms. The Morgan fingerprint density at radius 1 is 1.42 bits per heavy atom. The van der Waals surface area contributed by atoms with Gasteiger partial charge in [0.05, 0.1) is 6.20 Å². The van der Waals surface area contributed by atoms with Gasteiger partial charge in [0.25, 0.3) is 0 Å². The molecule has 0 saturated carbocycles. The van der Waals surface area contributed by atoms with Crippen LogP contribution in [0.15, 0.2) is 16.8 Å². The van der Waals surface area contributed by atoms with Gasteiger partial charge in [-0.2, -0.15) is 0 Å². The number of unbranched alkanes of at least 4 members (excludes halogenated alkanes) is 2. The molecule has 0 unspecified atom stereocenters. The summed E-state index contributed by atoms with van der Waals surface area (Å²) in [6.07, 6.45) is 6.14. The normalized spacial score (nSPS) is 10.4. The molecule has 0 aliphatic rings. The van der Waals surface area contributed by atoms with Crippen LogP contribution in [-0.4, -0.2) is 18.9 Å². The topological polar surface area (TPSA) is 35.3 Å². The van der Waals surface area contributed by atoms with Crippen molar-refractivity contribution in [1.82, 2.24) is 5.16 Å². The van der Waals surface area contributed by atoms with Crippen molar-refractivity contribution >= 4 is 0 Å². The van der Waals surface area contributed by atoms with Crippen LogP contribution in [0, 0.1) is 0 Å². The maximum absolute atomic E-state index is 4.96. The third-order valence-corrected chi connectivity index (χ3v) is 1.76. The predicted molar refractivity (Wildman–Crippen MR) is 45.9 cm³/mol. The van der Waals surface area contributed by atoms with Crippen LogP contribution in [0.4, 0.5) is 0 Å². The lowest BCUT2D eigenvalue weighted by Crippen LogP contribution is -1.89. The molecule has 1 rings (SSSR count). The summed E-state index contributed by atoms with van der Waals surface area (Å²) in [7, 11) is 1.73. The molecule has 0 aromatic carbocycles. The third-order valence-electron chi connectivity index (χ3n) is 1.76. The molecule has 0 spiro atoms. The molecule has 0 N–H and O–H groups in total. The molecular weight excluding hydrogens is 154 g/mol. The van der Waals surface area contributed by atoms with Gasteiger partial charge in [0.15, 0.2) is 0 Å². The first-order valence-corrected chi connectivity index (χ1v) is 4.32. The van der Waals surface area contributed by atoms with E-state index < -0.39 is 0 Å². The van der Waals surface area contributed by atoms with Gasteiger partial charge in [-0.1, -0.05) is 11.6 Å². The summed E-state index contributed by atoms with van der Waals surface area (Å²) in [6.45, 7) is 0.858. The molecular formula is C9H15NO2. The van der Waals surface area contributed by atoms with Gasteiger partial charge in [-0.15, -0.1) is 0 Å². The Hall–Kier alpha value is -0.830. The summed E-state index contributed by atoms with van der Waals surface area (Å²) < 4.78 is 9.90. The van der Waals surface area contributed by atoms with Crippen LogP contribution in [-0.2, 0) is 11.2 Å². The van der Waals surface area contributed by atoms with Gasteiger partial charge in [0.1, 0.15) is 5.76 Å². The fraction of sp³-hybridized carbons (Fsp3) is 0.667. The van der Waals surface area contributed by atoms with Gasteiger partial charge < -0.3 is 9.26 Å². The summed E-state index contributed by atoms with van der Waals surface area (Å²) in [5, 5.41) is 3.64. The number of ether oxygens (including phenoxy) is 1. The molecule has 0 radical (unpaired) electrons. The molecule has 0 atom stereocenters. The maximum atomic E-state index is 4.96. The zero-order chi connectivity index (χ0) is 8.65. The van der Waals surface area contributed by atoms with Crippen molar-refractivity contribution in [3.63, 3.8) is 0 Å². The lowest BCUT2D eigenvalue weighted by atomic mass is 10.2. The second-order valence-corrected chi connectivity index (χ2v) is 2.78. The Labute approximate surface area is 72.7 Å². The number of hydrogen-bond donors (Lipinski definition) is 0. The van der Waals surface area contributed by atoms with Crippen LogP contribution < -0.4 is 0 Å². The van der Waals surface area contributed by atoms with Crippen molar-refractivity contribution in [2.24, 2.45) is 0 Å². The Morgan fingerprint density at radius 2 is 2.33 bits per heavy atom. The Bertz CT molecular complexity index is 184. The smallest absolute Gasteiger partial charge is 0.136 e. The monoisotopic (exact) mass is 169 g/mol. The number of nitrogens with zero attached hydrogens (tertiary/aromatic N) is 1. The Balaban J connectivity index is 1.96. The van der Waals surface area contributed by atoms with Crippen molar-refractivity contribution in [3.8, 4) is 0 Å². The first kappa shape index (κ1) is 9.26. The van der Waals surface area contributed by atoms with Gasteiger partial charge in [0.2, 0.25) is 0 Å². The molecule has 0 saturated heterocycles. The fourth-order valence-corrected chi connectivity index (χ4v) is 1.09. The summed E-state index contributed by atoms with van der Waals surface area (Å²) in [6, 6.07) is 1.91. The minimum absolute atomic E-state index is 0.858. The summed E-state index contributed by atoms with van der Waals surface area (Å²) in [5.74, 6) is 0.979. The zero-order valence-electron chi connectivity index (χ0n) is 7.45. The lowest BCUT2D eigenvalue weighted by molar-refractivity contribution is 0.192. The van der Waals surface area contributed by atoms with Gasteiger partial charge >= 0.3 is 0 Å². The van der Waals surface area contributed by atoms with Gasteiger partial charge in [0, 0.05) is 26.2 Å². The molecule has 0 fully saturated rings. The van der Waals surface area contributed by atoms with Gasteiger partial charge in [-0.3, -0.25) is 0 Å². The molecule has 0 amide bonds. The Kier molecular flexibility index (Phi) is 4.46. The Morgan fingerprint density at radius 3 is 3.00 bits per heavy atom. The maximum Gasteiger partial charge on any atom is 0.136 e. The lowest BCUT2D eigenvalue weighted by Gasteiger charge is -1.97. The molecule has 1 aromatic heterocycles. The highest BCUT2D eigenvalue weighted by Gasteiger charge is 1.95. The van der Waals surface area contributed by atoms with E-state index in [1.807, 2.05) is 6.07 Å². The van der Waals surface area contributed by atoms with Gasteiger partial charge in [-0.25, -0.2) is 0 Å². The molecule has 3 nitrogen and oxygen atoms in total. The highest BCUT2D eigenvalue weighted by molar-refractivity contribution is 4.92. The fourth-order valence-electron chi connectivity index (χ4n) is 1.09. The number of hydrogen-bond acceptors (Lipinski definition) is 3. The van der Waals surface area contributed by atoms with E-state index in [0.29, 0.717) is 0 Å². The summed E-state index contributed by atoms with van der Waals surface area (Å²) in [4.78, 5) is 0. The molecule has 0 aliphatic carbocycles. The van der Waals surface area contributed by atoms with Gasteiger partial charge in [-0.05, 0) is 12.8 Å². The van der Waals surface area contributed by atoms with E-state index in [9.17, 15) is 0 Å². The molecule has 3 heteroatoms. The SMILES string of the molecule is COCCCCCc1ccno1. The first-order valence-electron chi connectivity index (χ1n) is 4.32. The van der Waals surface area contributed by atoms with E-state index in [0.717, 1.165) is 31.6 Å². The van der Waals surface area contributed by atoms with E-state index in [2.05, 4.69) is 5.16 Å². The third kappa shape index (κ3) is 3.53. The molecule has 1 heterocycles. The average Bonchev–Trinajstić information content (AvgIpc) is 2.57. The van der Waals surface area contributed by atoms with E-state index in [-0.39, 0.29) is 0 Å². The quantitative estimate of drug-likeness (QED) is 0.611. The highest BCUT2D eigenvalue weighted by Crippen LogP contribution is 2.04. The molecule has 0 aliphatic heterocycles. The van der Waals surface area contributed by atoms with E-state index in [4.69, 9.17) is 9.26 Å². The number of aromatic nitrogens is 1. The average molecular weight is 169 g/mol. The van der Waals surface area contributed by atoms with E-state index >= 15 is 0 Å². The van der Waals surface area contributed by atoms with Crippen molar-refractivity contribution < 1.29 is 9.26 Å². The van der Waals surface area contributed by atoms with Crippen molar-refractivity contribution in [2.75, 3.05) is 13.7 Å². The second-order valence-electron chi connectivity index (χ2n) is 2.78. The van der Waals surface area contributed by atoms with E-state index in [1.165, 1.54) is 6.42 Å². The van der Waals surface area contributed by atoms with Crippen LogP contribution in [0.2, 0.25) is 0 Å². The molecule has 1 aromatic rings. The summed E-state index contributed by atoms with van der Waals surface area (Å²) >= 11 is 0. The van der Waals surface area contributed by atoms with Crippen LogP contribution >= 0.6 is 0 Å².